The topological polar surface area (TPSA) is 61.2 Å². The second-order valence-electron chi connectivity index (χ2n) is 6.71. The van der Waals surface area contributed by atoms with Gasteiger partial charge in [-0.25, -0.2) is 9.78 Å². The number of nitrogens with zero attached hydrogens (tertiary/aromatic N) is 2. The largest absolute Gasteiger partial charge is 0.356 e. The van der Waals surface area contributed by atoms with Crippen LogP contribution in [0.1, 0.15) is 11.1 Å². The van der Waals surface area contributed by atoms with Crippen molar-refractivity contribution >= 4 is 38.9 Å². The molecule has 0 aliphatic heterocycles. The molecule has 0 radical (unpaired) electrons. The number of para-hydroxylation sites is 1. The van der Waals surface area contributed by atoms with E-state index in [1.54, 1.807) is 42.5 Å². The third kappa shape index (κ3) is 4.23. The van der Waals surface area contributed by atoms with Crippen LogP contribution in [0, 0.1) is 6.92 Å². The summed E-state index contributed by atoms with van der Waals surface area (Å²) in [6, 6.07) is 21.9. The van der Waals surface area contributed by atoms with Crippen LogP contribution in [0.4, 0.5) is 0 Å². The van der Waals surface area contributed by atoms with Crippen molar-refractivity contribution in [2.75, 3.05) is 0 Å². The Kier molecular flexibility index (Phi) is 5.59. The van der Waals surface area contributed by atoms with E-state index in [1.165, 1.54) is 6.08 Å². The number of carbonyl (C=O) groups excluding carboxylic acids is 1. The van der Waals surface area contributed by atoms with Crippen LogP contribution in [-0.2, 0) is 4.79 Å². The van der Waals surface area contributed by atoms with Crippen molar-refractivity contribution in [1.29, 1.82) is 0 Å². The van der Waals surface area contributed by atoms with E-state index in [-0.39, 0.29) is 5.82 Å². The fraction of sp³-hybridized carbons (Fsp3) is 0.0417. The van der Waals surface area contributed by atoms with E-state index in [9.17, 15) is 9.59 Å². The third-order valence-corrected chi connectivity index (χ3v) is 5.04. The predicted octanol–water partition coefficient (Wildman–Crippen LogP) is 4.80. The molecule has 0 N–H and O–H groups in total. The van der Waals surface area contributed by atoms with Gasteiger partial charge < -0.3 is 4.84 Å². The summed E-state index contributed by atoms with van der Waals surface area (Å²) in [6.07, 6.45) is 2.93. The van der Waals surface area contributed by atoms with Crippen LogP contribution in [0.25, 0.3) is 28.4 Å². The Morgan fingerprint density at radius 3 is 2.43 bits per heavy atom. The van der Waals surface area contributed by atoms with E-state index >= 15 is 0 Å². The Bertz CT molecular complexity index is 1310. The summed E-state index contributed by atoms with van der Waals surface area (Å²) in [5.74, 6) is -0.420. The molecule has 0 unspecified atom stereocenters. The minimum absolute atomic E-state index is 0.253. The van der Waals surface area contributed by atoms with Crippen molar-refractivity contribution < 1.29 is 9.63 Å². The van der Waals surface area contributed by atoms with Crippen LogP contribution in [0.15, 0.2) is 88.1 Å². The van der Waals surface area contributed by atoms with Gasteiger partial charge >= 0.3 is 5.97 Å². The fourth-order valence-electron chi connectivity index (χ4n) is 2.94. The fourth-order valence-corrected chi connectivity index (χ4v) is 3.21. The number of aromatic nitrogens is 2. The number of fused-ring (bicyclic) bond motifs is 1. The van der Waals surface area contributed by atoms with Crippen molar-refractivity contribution in [1.82, 2.24) is 9.71 Å². The van der Waals surface area contributed by atoms with Gasteiger partial charge in [-0.05, 0) is 42.8 Å². The normalized spacial score (nSPS) is 11.1. The summed E-state index contributed by atoms with van der Waals surface area (Å²) in [5, 5.41) is 0.369. The average Bonchev–Trinajstić information content (AvgIpc) is 2.76. The molecular weight excluding hydrogens is 444 g/mol. The Balaban J connectivity index is 1.74. The van der Waals surface area contributed by atoms with E-state index in [2.05, 4.69) is 20.9 Å². The summed E-state index contributed by atoms with van der Waals surface area (Å²) in [4.78, 5) is 35.5. The van der Waals surface area contributed by atoms with Crippen LogP contribution in [0.2, 0.25) is 0 Å². The summed E-state index contributed by atoms with van der Waals surface area (Å²) in [6.45, 7) is 1.99. The van der Waals surface area contributed by atoms with Gasteiger partial charge in [0.2, 0.25) is 0 Å². The van der Waals surface area contributed by atoms with Crippen molar-refractivity contribution in [3.05, 3.63) is 105 Å². The van der Waals surface area contributed by atoms with E-state index < -0.39 is 11.5 Å². The Morgan fingerprint density at radius 2 is 1.70 bits per heavy atom. The second-order valence-corrected chi connectivity index (χ2v) is 7.63. The molecule has 0 fully saturated rings. The summed E-state index contributed by atoms with van der Waals surface area (Å²) in [5.41, 5.74) is 2.72. The minimum atomic E-state index is -0.673. The number of hydrogen-bond donors (Lipinski definition) is 0. The maximum absolute atomic E-state index is 13.0. The standard InChI is InChI=1S/C24H17BrN2O3/c1-16-6-8-17(9-7-16)10-15-22(28)30-27-23(18-11-13-19(25)14-12-18)26-21-5-3-2-4-20(21)24(27)29/h2-15H,1H3/b15-10+. The first kappa shape index (κ1) is 19.8. The molecule has 1 heterocycles. The highest BCUT2D eigenvalue weighted by molar-refractivity contribution is 9.10. The van der Waals surface area contributed by atoms with E-state index in [1.807, 2.05) is 43.3 Å². The predicted molar refractivity (Wildman–Crippen MR) is 121 cm³/mol. The van der Waals surface area contributed by atoms with Crippen LogP contribution < -0.4 is 10.4 Å². The molecule has 0 saturated heterocycles. The number of halogens is 1. The number of aryl methyl sites for hydroxylation is 1. The van der Waals surface area contributed by atoms with Crippen molar-refractivity contribution in [3.63, 3.8) is 0 Å². The van der Waals surface area contributed by atoms with Gasteiger partial charge in [-0.15, -0.1) is 4.73 Å². The van der Waals surface area contributed by atoms with Gasteiger partial charge in [-0.1, -0.05) is 70.0 Å². The van der Waals surface area contributed by atoms with E-state index in [4.69, 9.17) is 4.84 Å². The van der Waals surface area contributed by atoms with Crippen molar-refractivity contribution in [2.24, 2.45) is 0 Å². The van der Waals surface area contributed by atoms with E-state index in [0.717, 1.165) is 20.3 Å². The summed E-state index contributed by atoms with van der Waals surface area (Å²) < 4.78 is 1.84. The van der Waals surface area contributed by atoms with Crippen LogP contribution in [0.3, 0.4) is 0 Å². The van der Waals surface area contributed by atoms with Gasteiger partial charge in [0.05, 0.1) is 10.9 Å². The van der Waals surface area contributed by atoms with Gasteiger partial charge in [0.1, 0.15) is 0 Å². The van der Waals surface area contributed by atoms with Gasteiger partial charge in [0.15, 0.2) is 5.82 Å². The number of carbonyl (C=O) groups is 1. The second kappa shape index (κ2) is 8.47. The molecule has 4 rings (SSSR count). The molecule has 0 bridgehead atoms. The minimum Gasteiger partial charge on any atom is -0.327 e. The van der Waals surface area contributed by atoms with Crippen LogP contribution in [0.5, 0.6) is 0 Å². The van der Waals surface area contributed by atoms with Gasteiger partial charge in [0.25, 0.3) is 5.56 Å². The molecule has 0 amide bonds. The molecule has 148 valence electrons. The summed E-state index contributed by atoms with van der Waals surface area (Å²) in [7, 11) is 0. The molecular formula is C24H17BrN2O3. The van der Waals surface area contributed by atoms with Gasteiger partial charge in [-0.3, -0.25) is 4.79 Å². The summed E-state index contributed by atoms with van der Waals surface area (Å²) >= 11 is 3.39. The monoisotopic (exact) mass is 460 g/mol. The maximum Gasteiger partial charge on any atom is 0.356 e. The zero-order valence-electron chi connectivity index (χ0n) is 16.1. The highest BCUT2D eigenvalue weighted by Gasteiger charge is 2.16. The first-order chi connectivity index (χ1) is 14.5. The molecule has 0 aliphatic rings. The third-order valence-electron chi connectivity index (χ3n) is 4.51. The lowest BCUT2D eigenvalue weighted by Crippen LogP contribution is -2.32. The number of hydrogen-bond acceptors (Lipinski definition) is 4. The van der Waals surface area contributed by atoms with Crippen LogP contribution in [-0.4, -0.2) is 15.7 Å². The van der Waals surface area contributed by atoms with Crippen molar-refractivity contribution in [3.8, 4) is 11.4 Å². The molecule has 0 spiro atoms. The molecule has 30 heavy (non-hydrogen) atoms. The SMILES string of the molecule is Cc1ccc(/C=C/C(=O)On2c(-c3ccc(Br)cc3)nc3ccccc3c2=O)cc1. The van der Waals surface area contributed by atoms with Crippen LogP contribution >= 0.6 is 15.9 Å². The Morgan fingerprint density at radius 1 is 1.00 bits per heavy atom. The number of rotatable bonds is 4. The smallest absolute Gasteiger partial charge is 0.327 e. The molecule has 0 aliphatic carbocycles. The van der Waals surface area contributed by atoms with E-state index in [0.29, 0.717) is 16.5 Å². The van der Waals surface area contributed by atoms with Gasteiger partial charge in [-0.2, -0.15) is 0 Å². The first-order valence-electron chi connectivity index (χ1n) is 9.26. The molecule has 1 aromatic heterocycles. The number of benzene rings is 3. The average molecular weight is 461 g/mol. The molecule has 0 atom stereocenters. The Hall–Kier alpha value is -3.51. The van der Waals surface area contributed by atoms with Crippen molar-refractivity contribution in [2.45, 2.75) is 6.92 Å². The lowest BCUT2D eigenvalue weighted by molar-refractivity contribution is -0.138. The Labute approximate surface area is 181 Å². The van der Waals surface area contributed by atoms with Gasteiger partial charge in [0, 0.05) is 16.1 Å². The molecule has 0 saturated carbocycles. The highest BCUT2D eigenvalue weighted by atomic mass is 79.9. The maximum atomic E-state index is 13.0. The lowest BCUT2D eigenvalue weighted by atomic mass is 10.1. The highest BCUT2D eigenvalue weighted by Crippen LogP contribution is 2.21. The quantitative estimate of drug-likeness (QED) is 0.410. The molecule has 5 nitrogen and oxygen atoms in total. The zero-order chi connectivity index (χ0) is 21.1. The molecule has 6 heteroatoms. The zero-order valence-corrected chi connectivity index (χ0v) is 17.7. The first-order valence-corrected chi connectivity index (χ1v) is 10.1. The lowest BCUT2D eigenvalue weighted by Gasteiger charge is -2.12. The molecule has 4 aromatic rings. The molecule has 3 aromatic carbocycles.